The molecule has 0 aromatic heterocycles. The summed E-state index contributed by atoms with van der Waals surface area (Å²) < 4.78 is 47.8. The van der Waals surface area contributed by atoms with Crippen LogP contribution in [0.15, 0.2) is 35.2 Å². The van der Waals surface area contributed by atoms with Crippen LogP contribution in [0.3, 0.4) is 0 Å². The van der Waals surface area contributed by atoms with E-state index in [9.17, 15) is 18.3 Å². The van der Waals surface area contributed by atoms with E-state index in [2.05, 4.69) is 0 Å². The van der Waals surface area contributed by atoms with Crippen molar-refractivity contribution in [3.8, 4) is 0 Å². The van der Waals surface area contributed by atoms with Gasteiger partial charge in [-0.3, -0.25) is 8.98 Å². The van der Waals surface area contributed by atoms with Crippen molar-refractivity contribution >= 4 is 16.1 Å². The Morgan fingerprint density at radius 2 is 2.00 bits per heavy atom. The van der Waals surface area contributed by atoms with E-state index >= 15 is 0 Å². The average molecular weight is 396 g/mol. The van der Waals surface area contributed by atoms with Crippen LogP contribution < -0.4 is 0 Å². The van der Waals surface area contributed by atoms with Gasteiger partial charge in [-0.15, -0.1) is 0 Å². The number of esters is 1. The van der Waals surface area contributed by atoms with Crippen molar-refractivity contribution in [2.24, 2.45) is 11.3 Å². The maximum Gasteiger partial charge on any atom is 0.305 e. The second kappa shape index (κ2) is 4.90. The van der Waals surface area contributed by atoms with Gasteiger partial charge in [0.05, 0.1) is 16.9 Å². The third-order valence-electron chi connectivity index (χ3n) is 6.78. The van der Waals surface area contributed by atoms with Gasteiger partial charge in [-0.2, -0.15) is 8.42 Å². The quantitative estimate of drug-likeness (QED) is 0.579. The fraction of sp³-hybridized carbons (Fsp3) is 0.611. The van der Waals surface area contributed by atoms with Crippen molar-refractivity contribution in [2.75, 3.05) is 6.61 Å². The number of benzene rings is 1. The summed E-state index contributed by atoms with van der Waals surface area (Å²) in [5.41, 5.74) is -3.40. The van der Waals surface area contributed by atoms with Gasteiger partial charge in [0.1, 0.15) is 11.2 Å². The molecule has 6 fully saturated rings. The minimum Gasteiger partial charge on any atom is -0.433 e. The number of rotatable bonds is 5. The molecule has 3 aliphatic carbocycles. The summed E-state index contributed by atoms with van der Waals surface area (Å²) in [7, 11) is -4.02. The Bertz CT molecular complexity index is 932. The van der Waals surface area contributed by atoms with Crippen LogP contribution in [0, 0.1) is 11.3 Å². The van der Waals surface area contributed by atoms with E-state index < -0.39 is 50.7 Å². The van der Waals surface area contributed by atoms with Crippen LogP contribution in [0.4, 0.5) is 0 Å². The Labute approximate surface area is 156 Å². The molecule has 1 aromatic carbocycles. The highest BCUT2D eigenvalue weighted by Crippen LogP contribution is 2.81. The highest BCUT2D eigenvalue weighted by molar-refractivity contribution is 7.86. The molecule has 3 aliphatic heterocycles. The summed E-state index contributed by atoms with van der Waals surface area (Å²) in [4.78, 5) is 11.7. The number of carbonyl (C=O) groups is 1. The lowest BCUT2D eigenvalue weighted by molar-refractivity contribution is -0.384. The van der Waals surface area contributed by atoms with Gasteiger partial charge in [-0.05, 0) is 25.5 Å². The fourth-order valence-electron chi connectivity index (χ4n) is 5.59. The van der Waals surface area contributed by atoms with Crippen LogP contribution in [0.5, 0.6) is 0 Å². The van der Waals surface area contributed by atoms with Crippen LogP contribution in [0.2, 0.25) is 0 Å². The predicted molar refractivity (Wildman–Crippen MR) is 88.5 cm³/mol. The van der Waals surface area contributed by atoms with Crippen LogP contribution in [0.1, 0.15) is 26.7 Å². The van der Waals surface area contributed by atoms with E-state index in [1.54, 1.807) is 25.1 Å². The molecule has 8 nitrogen and oxygen atoms in total. The predicted octanol–water partition coefficient (Wildman–Crippen LogP) is 0.938. The Morgan fingerprint density at radius 1 is 1.30 bits per heavy atom. The SMILES string of the molecule is CC(=O)OC12CC3(C)OC(O1)C1(COS(=O)(=O)c4ccccc4)C2CC31O. The first-order chi connectivity index (χ1) is 12.6. The molecule has 1 N–H and O–H groups in total. The van der Waals surface area contributed by atoms with E-state index in [1.165, 1.54) is 19.1 Å². The van der Waals surface area contributed by atoms with Gasteiger partial charge in [-0.25, -0.2) is 0 Å². The lowest BCUT2D eigenvalue weighted by Gasteiger charge is -2.65. The van der Waals surface area contributed by atoms with Gasteiger partial charge in [-0.1, -0.05) is 18.2 Å². The number of hydrogen-bond donors (Lipinski definition) is 1. The third kappa shape index (κ3) is 1.86. The minimum atomic E-state index is -4.02. The van der Waals surface area contributed by atoms with Gasteiger partial charge >= 0.3 is 5.97 Å². The summed E-state index contributed by atoms with van der Waals surface area (Å²) in [6.07, 6.45) is -0.405. The molecule has 0 amide bonds. The molecular weight excluding hydrogens is 376 g/mol. The van der Waals surface area contributed by atoms with Crippen molar-refractivity contribution in [3.63, 3.8) is 0 Å². The molecule has 27 heavy (non-hydrogen) atoms. The molecule has 3 saturated carbocycles. The Balaban J connectivity index is 1.49. The molecule has 6 aliphatic rings. The molecule has 9 heteroatoms. The zero-order chi connectivity index (χ0) is 19.3. The molecule has 146 valence electrons. The van der Waals surface area contributed by atoms with Crippen molar-refractivity contribution in [1.29, 1.82) is 0 Å². The molecule has 6 bridgehead atoms. The molecule has 6 atom stereocenters. The molecule has 6 unspecified atom stereocenters. The number of aliphatic hydroxyl groups is 1. The first-order valence-electron chi connectivity index (χ1n) is 8.81. The third-order valence-corrected chi connectivity index (χ3v) is 8.05. The second-order valence-electron chi connectivity index (χ2n) is 8.07. The van der Waals surface area contributed by atoms with E-state index in [0.29, 0.717) is 6.42 Å². The van der Waals surface area contributed by atoms with E-state index in [1.807, 2.05) is 0 Å². The van der Waals surface area contributed by atoms with Crippen LogP contribution in [-0.2, 0) is 33.3 Å². The zero-order valence-corrected chi connectivity index (χ0v) is 15.7. The lowest BCUT2D eigenvalue weighted by Crippen LogP contribution is -2.79. The lowest BCUT2D eigenvalue weighted by atomic mass is 9.41. The van der Waals surface area contributed by atoms with Gasteiger partial charge in [0, 0.05) is 19.3 Å². The van der Waals surface area contributed by atoms with Gasteiger partial charge in [0.15, 0.2) is 6.29 Å². The maximum absolute atomic E-state index is 12.6. The van der Waals surface area contributed by atoms with Crippen LogP contribution in [0.25, 0.3) is 0 Å². The number of carbonyl (C=O) groups excluding carboxylic acids is 1. The summed E-state index contributed by atoms with van der Waals surface area (Å²) in [5, 5.41) is 11.3. The summed E-state index contributed by atoms with van der Waals surface area (Å²) in [6.45, 7) is 2.72. The van der Waals surface area contributed by atoms with E-state index in [4.69, 9.17) is 18.4 Å². The molecule has 1 aromatic rings. The summed E-state index contributed by atoms with van der Waals surface area (Å²) in [5.74, 6) is -2.11. The molecule has 3 heterocycles. The highest BCUT2D eigenvalue weighted by Gasteiger charge is 2.94. The topological polar surface area (TPSA) is 108 Å². The average Bonchev–Trinajstić information content (AvgIpc) is 2.78. The monoisotopic (exact) mass is 396 g/mol. The zero-order valence-electron chi connectivity index (χ0n) is 14.9. The van der Waals surface area contributed by atoms with Gasteiger partial charge < -0.3 is 19.3 Å². The largest absolute Gasteiger partial charge is 0.433 e. The van der Waals surface area contributed by atoms with Crippen molar-refractivity contribution in [2.45, 2.75) is 54.9 Å². The standard InChI is InChI=1S/C18H20O8S/c1-11(19)24-17-9-15(2)18(20)8-13(17)16(18,14(25-15)26-17)10-23-27(21,22)12-6-4-3-5-7-12/h3-7,13-14,20H,8-10H2,1-2H3. The van der Waals surface area contributed by atoms with Crippen LogP contribution >= 0.6 is 0 Å². The maximum atomic E-state index is 12.6. The van der Waals surface area contributed by atoms with Crippen LogP contribution in [-0.4, -0.2) is 49.4 Å². The number of hydrogen-bond acceptors (Lipinski definition) is 8. The first kappa shape index (κ1) is 17.6. The van der Waals surface area contributed by atoms with Crippen molar-refractivity contribution < 1.29 is 36.7 Å². The fourth-order valence-corrected chi connectivity index (χ4v) is 6.56. The van der Waals surface area contributed by atoms with E-state index in [0.717, 1.165) is 0 Å². The van der Waals surface area contributed by atoms with Crippen molar-refractivity contribution in [1.82, 2.24) is 0 Å². The molecule has 0 spiro atoms. The van der Waals surface area contributed by atoms with Crippen molar-refractivity contribution in [3.05, 3.63) is 30.3 Å². The van der Waals surface area contributed by atoms with E-state index in [-0.39, 0.29) is 17.9 Å². The van der Waals surface area contributed by atoms with Gasteiger partial charge in [0.2, 0.25) is 5.79 Å². The minimum absolute atomic E-state index is 0.0301. The number of ether oxygens (including phenoxy) is 3. The summed E-state index contributed by atoms with van der Waals surface area (Å²) in [6, 6.07) is 7.79. The first-order valence-corrected chi connectivity index (χ1v) is 10.2. The van der Waals surface area contributed by atoms with Gasteiger partial charge in [0.25, 0.3) is 10.1 Å². The normalized spacial score (nSPS) is 46.3. The Morgan fingerprint density at radius 3 is 2.67 bits per heavy atom. The highest BCUT2D eigenvalue weighted by atomic mass is 32.2. The molecule has 7 rings (SSSR count). The Hall–Kier alpha value is -1.52. The molecular formula is C18H20O8S. The summed E-state index contributed by atoms with van der Waals surface area (Å²) >= 11 is 0. The smallest absolute Gasteiger partial charge is 0.305 e. The molecule has 3 saturated heterocycles. The Kier molecular flexibility index (Phi) is 3.19. The molecule has 0 radical (unpaired) electrons. The second-order valence-corrected chi connectivity index (χ2v) is 9.68.